The Morgan fingerprint density at radius 3 is 2.67 bits per heavy atom. The molecule has 4 N–H and O–H groups in total. The van der Waals surface area contributed by atoms with Gasteiger partial charge in [-0.2, -0.15) is 0 Å². The minimum absolute atomic E-state index is 0.224. The highest BCUT2D eigenvalue weighted by Crippen LogP contribution is 2.12. The van der Waals surface area contributed by atoms with Gasteiger partial charge in [0.05, 0.1) is 0 Å². The fourth-order valence-electron chi connectivity index (χ4n) is 1.72. The van der Waals surface area contributed by atoms with Gasteiger partial charge in [0.25, 0.3) is 5.91 Å². The van der Waals surface area contributed by atoms with Crippen LogP contribution in [0.4, 0.5) is 10.2 Å². The average molecular weight is 289 g/mol. The number of hydrogen-bond donors (Lipinski definition) is 3. The molecular formula is C14H16FN5O. The quantitative estimate of drug-likeness (QED) is 0.765. The first-order valence-electron chi connectivity index (χ1n) is 6.41. The lowest BCUT2D eigenvalue weighted by atomic mass is 10.1. The van der Waals surface area contributed by atoms with Crippen LogP contribution in [0.3, 0.4) is 0 Å². The third-order valence-corrected chi connectivity index (χ3v) is 2.94. The summed E-state index contributed by atoms with van der Waals surface area (Å²) in [6.07, 6.45) is 0. The van der Waals surface area contributed by atoms with Crippen molar-refractivity contribution in [3.8, 4) is 0 Å². The molecule has 0 aliphatic heterocycles. The van der Waals surface area contributed by atoms with E-state index in [1.165, 1.54) is 13.1 Å². The van der Waals surface area contributed by atoms with E-state index in [0.29, 0.717) is 17.9 Å². The number of halogens is 1. The summed E-state index contributed by atoms with van der Waals surface area (Å²) < 4.78 is 13.8. The lowest BCUT2D eigenvalue weighted by molar-refractivity contribution is 0.0957. The van der Waals surface area contributed by atoms with Crippen LogP contribution >= 0.6 is 0 Å². The Kier molecular flexibility index (Phi) is 4.78. The van der Waals surface area contributed by atoms with Crippen LogP contribution in [0, 0.1) is 5.82 Å². The summed E-state index contributed by atoms with van der Waals surface area (Å²) in [6.45, 7) is 0.571. The highest BCUT2D eigenvalue weighted by molar-refractivity contribution is 5.91. The zero-order chi connectivity index (χ0) is 15.2. The molecule has 0 radical (unpaired) electrons. The van der Waals surface area contributed by atoms with Gasteiger partial charge in [-0.1, -0.05) is 12.1 Å². The molecule has 0 fully saturated rings. The summed E-state index contributed by atoms with van der Waals surface area (Å²) >= 11 is 0. The molecule has 0 aliphatic rings. The van der Waals surface area contributed by atoms with Crippen LogP contribution in [-0.4, -0.2) is 23.2 Å². The molecule has 0 unspecified atom stereocenters. The first-order chi connectivity index (χ1) is 10.1. The summed E-state index contributed by atoms with van der Waals surface area (Å²) in [5.74, 6) is -0.164. The number of anilines is 1. The van der Waals surface area contributed by atoms with Gasteiger partial charge in [-0.25, -0.2) is 4.39 Å². The largest absolute Gasteiger partial charge is 0.364 e. The van der Waals surface area contributed by atoms with Gasteiger partial charge in [-0.05, 0) is 23.8 Å². The second kappa shape index (κ2) is 6.76. The lowest BCUT2D eigenvalue weighted by Gasteiger charge is -2.07. The van der Waals surface area contributed by atoms with Gasteiger partial charge in [0.1, 0.15) is 11.6 Å². The number of nitrogens with one attached hydrogen (secondary N) is 2. The molecule has 1 aromatic carbocycles. The Morgan fingerprint density at radius 2 is 2.10 bits per heavy atom. The molecule has 0 saturated carbocycles. The first kappa shape index (κ1) is 14.9. The normalized spacial score (nSPS) is 10.2. The van der Waals surface area contributed by atoms with E-state index < -0.39 is 0 Å². The molecule has 0 saturated heterocycles. The van der Waals surface area contributed by atoms with E-state index in [0.717, 1.165) is 5.56 Å². The molecular weight excluding hydrogens is 273 g/mol. The second-order valence-corrected chi connectivity index (χ2v) is 4.37. The van der Waals surface area contributed by atoms with Crippen molar-refractivity contribution in [3.05, 3.63) is 53.0 Å². The topological polar surface area (TPSA) is 92.9 Å². The number of carbonyl (C=O) groups is 1. The second-order valence-electron chi connectivity index (χ2n) is 4.37. The summed E-state index contributed by atoms with van der Waals surface area (Å²) in [5.41, 5.74) is 6.92. The molecule has 0 aliphatic carbocycles. The Bertz CT molecular complexity index is 630. The standard InChI is InChI=1S/C14H16FN5O/c1-17-14(21)12-4-5-13(20-19-12)18-8-10-3-2-9(7-16)6-11(10)15/h2-6H,7-8,16H2,1H3,(H,17,21)(H,18,20). The van der Waals surface area contributed by atoms with Crippen molar-refractivity contribution in [2.75, 3.05) is 12.4 Å². The molecule has 7 heteroatoms. The molecule has 0 atom stereocenters. The Morgan fingerprint density at radius 1 is 1.29 bits per heavy atom. The molecule has 0 spiro atoms. The number of carbonyl (C=O) groups excluding carboxylic acids is 1. The van der Waals surface area contributed by atoms with Crippen LogP contribution in [0.1, 0.15) is 21.6 Å². The lowest BCUT2D eigenvalue weighted by Crippen LogP contribution is -2.19. The van der Waals surface area contributed by atoms with E-state index in [4.69, 9.17) is 5.73 Å². The summed E-state index contributed by atoms with van der Waals surface area (Å²) in [7, 11) is 1.52. The van der Waals surface area contributed by atoms with E-state index in [9.17, 15) is 9.18 Å². The Labute approximate surface area is 121 Å². The van der Waals surface area contributed by atoms with Gasteiger partial charge < -0.3 is 16.4 Å². The maximum atomic E-state index is 13.8. The van der Waals surface area contributed by atoms with Crippen LogP contribution < -0.4 is 16.4 Å². The third kappa shape index (κ3) is 3.73. The monoisotopic (exact) mass is 289 g/mol. The number of nitrogens with zero attached hydrogens (tertiary/aromatic N) is 2. The zero-order valence-corrected chi connectivity index (χ0v) is 11.6. The van der Waals surface area contributed by atoms with Crippen molar-refractivity contribution >= 4 is 11.7 Å². The molecule has 1 heterocycles. The summed E-state index contributed by atoms with van der Waals surface area (Å²) in [6, 6.07) is 8.03. The number of hydrogen-bond acceptors (Lipinski definition) is 5. The molecule has 21 heavy (non-hydrogen) atoms. The summed E-state index contributed by atoms with van der Waals surface area (Å²) in [4.78, 5) is 11.3. The molecule has 6 nitrogen and oxygen atoms in total. The Hall–Kier alpha value is -2.54. The van der Waals surface area contributed by atoms with E-state index in [2.05, 4.69) is 20.8 Å². The number of benzene rings is 1. The zero-order valence-electron chi connectivity index (χ0n) is 11.6. The SMILES string of the molecule is CNC(=O)c1ccc(NCc2ccc(CN)cc2F)nn1. The fraction of sp³-hybridized carbons (Fsp3) is 0.214. The molecule has 0 bridgehead atoms. The van der Waals surface area contributed by atoms with E-state index in [1.807, 2.05) is 0 Å². The van der Waals surface area contributed by atoms with E-state index in [-0.39, 0.29) is 24.0 Å². The predicted molar refractivity (Wildman–Crippen MR) is 77.0 cm³/mol. The number of amides is 1. The Balaban J connectivity index is 2.01. The van der Waals surface area contributed by atoms with Crippen LogP contribution in [0.2, 0.25) is 0 Å². The van der Waals surface area contributed by atoms with Crippen molar-refractivity contribution in [2.45, 2.75) is 13.1 Å². The first-order valence-corrected chi connectivity index (χ1v) is 6.41. The highest BCUT2D eigenvalue weighted by atomic mass is 19.1. The van der Waals surface area contributed by atoms with Crippen LogP contribution in [0.15, 0.2) is 30.3 Å². The summed E-state index contributed by atoms with van der Waals surface area (Å²) in [5, 5.41) is 13.0. The minimum atomic E-state index is -0.319. The van der Waals surface area contributed by atoms with Gasteiger partial charge in [0, 0.05) is 25.7 Å². The van der Waals surface area contributed by atoms with Crippen LogP contribution in [0.5, 0.6) is 0 Å². The highest BCUT2D eigenvalue weighted by Gasteiger charge is 2.06. The average Bonchev–Trinajstić information content (AvgIpc) is 2.53. The number of nitrogens with two attached hydrogens (primary N) is 1. The van der Waals surface area contributed by atoms with E-state index in [1.54, 1.807) is 24.3 Å². The minimum Gasteiger partial charge on any atom is -0.364 e. The molecule has 2 rings (SSSR count). The van der Waals surface area contributed by atoms with Gasteiger partial charge in [0.15, 0.2) is 5.69 Å². The van der Waals surface area contributed by atoms with Gasteiger partial charge in [-0.15, -0.1) is 10.2 Å². The number of rotatable bonds is 5. The van der Waals surface area contributed by atoms with E-state index >= 15 is 0 Å². The molecule has 1 amide bonds. The van der Waals surface area contributed by atoms with Crippen LogP contribution in [-0.2, 0) is 13.1 Å². The van der Waals surface area contributed by atoms with Crippen molar-refractivity contribution < 1.29 is 9.18 Å². The molecule has 2 aromatic rings. The smallest absolute Gasteiger partial charge is 0.271 e. The molecule has 110 valence electrons. The fourth-order valence-corrected chi connectivity index (χ4v) is 1.72. The van der Waals surface area contributed by atoms with Crippen molar-refractivity contribution in [2.24, 2.45) is 5.73 Å². The molecule has 1 aromatic heterocycles. The van der Waals surface area contributed by atoms with Gasteiger partial charge in [0.2, 0.25) is 0 Å². The maximum Gasteiger partial charge on any atom is 0.271 e. The maximum absolute atomic E-state index is 13.8. The van der Waals surface area contributed by atoms with Crippen molar-refractivity contribution in [1.29, 1.82) is 0 Å². The third-order valence-electron chi connectivity index (χ3n) is 2.94. The van der Waals surface area contributed by atoms with Gasteiger partial charge in [-0.3, -0.25) is 4.79 Å². The van der Waals surface area contributed by atoms with Crippen LogP contribution in [0.25, 0.3) is 0 Å². The predicted octanol–water partition coefficient (Wildman–Crippen LogP) is 1.05. The number of aromatic nitrogens is 2. The van der Waals surface area contributed by atoms with Crippen molar-refractivity contribution in [1.82, 2.24) is 15.5 Å². The van der Waals surface area contributed by atoms with Crippen molar-refractivity contribution in [3.63, 3.8) is 0 Å². The van der Waals surface area contributed by atoms with Gasteiger partial charge >= 0.3 is 0 Å².